The second kappa shape index (κ2) is 3.24. The third-order valence-corrected chi connectivity index (χ3v) is 2.56. The fourth-order valence-electron chi connectivity index (χ4n) is 1.89. The Morgan fingerprint density at radius 1 is 1.67 bits per heavy atom. The molecule has 0 radical (unpaired) electrons. The molecule has 0 unspecified atom stereocenters. The van der Waals surface area contributed by atoms with Crippen molar-refractivity contribution >= 4 is 0 Å². The van der Waals surface area contributed by atoms with E-state index in [0.29, 0.717) is 5.57 Å². The van der Waals surface area contributed by atoms with Crippen molar-refractivity contribution in [3.8, 4) is 6.07 Å². The number of fused-ring (bicyclic) bond motifs is 1. The lowest BCUT2D eigenvalue weighted by Gasteiger charge is -2.13. The van der Waals surface area contributed by atoms with Crippen LogP contribution in [0.1, 0.15) is 9.67 Å². The van der Waals surface area contributed by atoms with E-state index in [2.05, 4.69) is 4.74 Å². The van der Waals surface area contributed by atoms with Gasteiger partial charge in [0, 0.05) is 13.2 Å². The summed E-state index contributed by atoms with van der Waals surface area (Å²) in [5, 5.41) is 8.80. The van der Waals surface area contributed by atoms with Crippen molar-refractivity contribution < 1.29 is 20.6 Å². The number of nitriles is 1. The van der Waals surface area contributed by atoms with E-state index in [1.807, 2.05) is 6.07 Å². The summed E-state index contributed by atoms with van der Waals surface area (Å²) in [4.78, 5) is 0. The molecule has 0 aliphatic heterocycles. The smallest absolute Gasteiger partial charge is 0.364 e. The van der Waals surface area contributed by atoms with E-state index in [1.54, 1.807) is 6.92 Å². The number of rotatable bonds is 2. The van der Waals surface area contributed by atoms with E-state index >= 15 is 0 Å². The highest BCUT2D eigenvalue weighted by Gasteiger charge is 2.59. The number of hydrogen-bond acceptors (Lipinski definition) is 2. The van der Waals surface area contributed by atoms with Gasteiger partial charge in [0.1, 0.15) is 6.61 Å². The Hall–Kier alpha value is -1.02. The van der Waals surface area contributed by atoms with Crippen LogP contribution in [-0.2, 0) is 4.74 Å². The molecule has 2 rings (SSSR count). The van der Waals surface area contributed by atoms with Crippen LogP contribution >= 0.6 is 0 Å². The summed E-state index contributed by atoms with van der Waals surface area (Å²) < 4.78 is 56.5. The lowest BCUT2D eigenvalue weighted by atomic mass is 10.1. The normalized spacial score (nSPS) is 49.9. The molecule has 15 heavy (non-hydrogen) atoms. The minimum absolute atomic E-state index is 0.474. The van der Waals surface area contributed by atoms with E-state index in [1.165, 1.54) is 6.08 Å². The monoisotopic (exact) mass is 219 g/mol. The van der Waals surface area contributed by atoms with E-state index in [9.17, 15) is 13.2 Å². The van der Waals surface area contributed by atoms with Gasteiger partial charge in [0.05, 0.1) is 19.4 Å². The van der Waals surface area contributed by atoms with Gasteiger partial charge in [-0.05, 0) is 6.92 Å². The highest BCUT2D eigenvalue weighted by molar-refractivity contribution is 5.33. The Labute approximate surface area is 88.1 Å². The predicted molar refractivity (Wildman–Crippen MR) is 45.6 cm³/mol. The number of ether oxygens (including phenoxy) is 1. The molecule has 1 saturated carbocycles. The summed E-state index contributed by atoms with van der Waals surface area (Å²) in [6, 6.07) is 1.85. The maximum absolute atomic E-state index is 12.1. The molecule has 1 fully saturated rings. The topological polar surface area (TPSA) is 33.0 Å². The van der Waals surface area contributed by atoms with Crippen molar-refractivity contribution in [2.45, 2.75) is 19.2 Å². The second-order valence-corrected chi connectivity index (χ2v) is 3.70. The summed E-state index contributed by atoms with van der Waals surface area (Å²) in [5.74, 6) is -2.81. The van der Waals surface area contributed by atoms with Crippen LogP contribution in [0.5, 0.6) is 0 Å². The molecule has 82 valence electrons. The summed E-state index contributed by atoms with van der Waals surface area (Å²) in [5.41, 5.74) is 0.587. The van der Waals surface area contributed by atoms with Crippen LogP contribution in [0.3, 0.4) is 0 Å². The summed E-state index contributed by atoms with van der Waals surface area (Å²) in [6.45, 7) is 0.0321. The first-order valence-electron chi connectivity index (χ1n) is 5.45. The van der Waals surface area contributed by atoms with Gasteiger partial charge in [-0.15, -0.1) is 0 Å². The first-order valence-corrected chi connectivity index (χ1v) is 4.45. The molecule has 4 atom stereocenters. The Balaban J connectivity index is 2.19. The van der Waals surface area contributed by atoms with Gasteiger partial charge in [-0.2, -0.15) is 18.4 Å². The van der Waals surface area contributed by atoms with Gasteiger partial charge in [-0.1, -0.05) is 11.6 Å². The average molecular weight is 219 g/mol. The van der Waals surface area contributed by atoms with E-state index in [0.717, 1.165) is 0 Å². The van der Waals surface area contributed by atoms with Crippen molar-refractivity contribution in [1.82, 2.24) is 0 Å². The number of hydrogen-bond donors (Lipinski definition) is 0. The van der Waals surface area contributed by atoms with Gasteiger partial charge >= 0.3 is 6.18 Å². The van der Waals surface area contributed by atoms with Crippen molar-refractivity contribution in [2.24, 2.45) is 17.7 Å². The van der Waals surface area contributed by atoms with Gasteiger partial charge in [0.25, 0.3) is 0 Å². The maximum Gasteiger partial charge on any atom is 0.411 e. The molecule has 0 N–H and O–H groups in total. The van der Waals surface area contributed by atoms with E-state index in [-0.39, 0.29) is 0 Å². The number of nitrogens with zero attached hydrogens (tertiary/aromatic N) is 1. The first kappa shape index (κ1) is 8.17. The van der Waals surface area contributed by atoms with Crippen molar-refractivity contribution in [3.63, 3.8) is 0 Å². The molecule has 5 heteroatoms. The molecule has 0 spiro atoms. The molecule has 0 aromatic heterocycles. The lowest BCUT2D eigenvalue weighted by Crippen LogP contribution is -2.23. The highest BCUT2D eigenvalue weighted by atomic mass is 19.4. The third kappa shape index (κ3) is 1.86. The summed E-state index contributed by atoms with van der Waals surface area (Å²) in [6.07, 6.45) is -5.40. The minimum Gasteiger partial charge on any atom is -0.364 e. The molecule has 0 aromatic rings. The lowest BCUT2D eigenvalue weighted by molar-refractivity contribution is -0.182. The van der Waals surface area contributed by atoms with E-state index in [4.69, 9.17) is 8.00 Å². The Kier molecular flexibility index (Phi) is 1.76. The number of halogens is 3. The van der Waals surface area contributed by atoms with Crippen LogP contribution in [0.25, 0.3) is 0 Å². The molecule has 2 nitrogen and oxygen atoms in total. The van der Waals surface area contributed by atoms with Gasteiger partial charge in [0.15, 0.2) is 0 Å². The first-order chi connectivity index (χ1) is 7.66. The summed E-state index contributed by atoms with van der Waals surface area (Å²) >= 11 is 0. The Morgan fingerprint density at radius 3 is 2.80 bits per heavy atom. The van der Waals surface area contributed by atoms with Crippen LogP contribution in [0.2, 0.25) is 0 Å². The zero-order valence-electron chi connectivity index (χ0n) is 9.93. The standard InChI is InChI=1S/C10H10F3NO/c1-5-2-7(15-4-10(11,12)13)9-6(3-14)8(5)9/h2,6-9H,4H2,1H3/t6-,7-,8+,9-/m0/s1/i7D,9D. The summed E-state index contributed by atoms with van der Waals surface area (Å²) in [7, 11) is 0. The highest BCUT2D eigenvalue weighted by Crippen LogP contribution is 2.58. The Morgan fingerprint density at radius 2 is 2.33 bits per heavy atom. The maximum atomic E-state index is 12.1. The van der Waals surface area contributed by atoms with Crippen molar-refractivity contribution in [2.75, 3.05) is 6.61 Å². The number of allylic oxidation sites excluding steroid dienone is 1. The molecule has 2 aliphatic rings. The molecule has 0 bridgehead atoms. The third-order valence-electron chi connectivity index (χ3n) is 2.56. The zero-order chi connectivity index (χ0) is 13.1. The van der Waals surface area contributed by atoms with E-state index < -0.39 is 36.6 Å². The van der Waals surface area contributed by atoms with Crippen LogP contribution in [0.4, 0.5) is 13.2 Å². The molecular weight excluding hydrogens is 207 g/mol. The fourth-order valence-corrected chi connectivity index (χ4v) is 1.89. The van der Waals surface area contributed by atoms with Crippen LogP contribution in [0, 0.1) is 29.1 Å². The number of alkyl halides is 3. The predicted octanol–water partition coefficient (Wildman–Crippen LogP) is 2.28. The van der Waals surface area contributed by atoms with Gasteiger partial charge in [-0.3, -0.25) is 0 Å². The molecular formula is C10H10F3NO. The molecule has 0 amide bonds. The second-order valence-electron chi connectivity index (χ2n) is 3.70. The average Bonchev–Trinajstić information content (AvgIpc) is 2.75. The zero-order valence-corrected chi connectivity index (χ0v) is 7.93. The van der Waals surface area contributed by atoms with Crippen LogP contribution in [-0.4, -0.2) is 18.9 Å². The minimum atomic E-state index is -4.54. The van der Waals surface area contributed by atoms with Crippen molar-refractivity contribution in [3.05, 3.63) is 11.6 Å². The SMILES string of the molecule is [2H][C@@]12[C@H](C(C)=C[C@]1([2H])OCC(F)(F)F)[C@@H]2C#N. The van der Waals surface area contributed by atoms with Crippen molar-refractivity contribution in [1.29, 1.82) is 5.26 Å². The molecule has 0 aromatic carbocycles. The fraction of sp³-hybridized carbons (Fsp3) is 0.700. The van der Waals surface area contributed by atoms with Gasteiger partial charge in [-0.25, -0.2) is 0 Å². The quantitative estimate of drug-likeness (QED) is 0.667. The van der Waals surface area contributed by atoms with Gasteiger partial charge < -0.3 is 4.74 Å². The molecule has 0 saturated heterocycles. The largest absolute Gasteiger partial charge is 0.411 e. The van der Waals surface area contributed by atoms with Crippen LogP contribution in [0.15, 0.2) is 11.6 Å². The van der Waals surface area contributed by atoms with Crippen LogP contribution < -0.4 is 0 Å². The van der Waals surface area contributed by atoms with Gasteiger partial charge in [0.2, 0.25) is 0 Å². The molecule has 2 aliphatic carbocycles. The molecule has 0 heterocycles. The Bertz CT molecular complexity index is 430.